The lowest BCUT2D eigenvalue weighted by atomic mass is 10.2. The molecule has 0 bridgehead atoms. The molecule has 24 heavy (non-hydrogen) atoms. The van der Waals surface area contributed by atoms with Crippen LogP contribution in [-0.2, 0) is 0 Å². The van der Waals surface area contributed by atoms with Crippen molar-refractivity contribution < 1.29 is 28.2 Å². The molecule has 0 fully saturated rings. The zero-order valence-electron chi connectivity index (χ0n) is 13.0. The highest BCUT2D eigenvalue weighted by Crippen LogP contribution is 2.21. The number of nitrogens with zero attached hydrogens (tertiary/aromatic N) is 3. The second-order valence-corrected chi connectivity index (χ2v) is 5.53. The molecule has 6 nitrogen and oxygen atoms in total. The van der Waals surface area contributed by atoms with Gasteiger partial charge in [-0.3, -0.25) is 9.20 Å². The van der Waals surface area contributed by atoms with Crippen molar-refractivity contribution in [2.24, 2.45) is 0 Å². The second-order valence-electron chi connectivity index (χ2n) is 5.53. The molecule has 132 valence electrons. The van der Waals surface area contributed by atoms with E-state index in [1.165, 1.54) is 10.6 Å². The highest BCUT2D eigenvalue weighted by molar-refractivity contribution is 5.93. The Hall–Kier alpha value is -2.13. The topological polar surface area (TPSA) is 78.1 Å². The molecular formula is C15H18F3N3O3. The van der Waals surface area contributed by atoms with Gasteiger partial charge in [0.05, 0.1) is 25.3 Å². The number of aliphatic hydroxyl groups is 2. The van der Waals surface area contributed by atoms with Crippen molar-refractivity contribution in [2.75, 3.05) is 19.7 Å². The normalized spacial score (nSPS) is 13.2. The maximum absolute atomic E-state index is 12.6. The Bertz CT molecular complexity index is 715. The summed E-state index contributed by atoms with van der Waals surface area (Å²) in [6.07, 6.45) is -4.02. The van der Waals surface area contributed by atoms with E-state index in [1.54, 1.807) is 18.3 Å². The average molecular weight is 345 g/mol. The van der Waals surface area contributed by atoms with Crippen LogP contribution < -0.4 is 0 Å². The number of halogens is 3. The molecule has 2 N–H and O–H groups in total. The molecule has 0 saturated heterocycles. The Kier molecular flexibility index (Phi) is 5.45. The van der Waals surface area contributed by atoms with Crippen LogP contribution in [0, 0.1) is 6.92 Å². The first-order chi connectivity index (χ1) is 11.2. The molecule has 1 amide bonds. The van der Waals surface area contributed by atoms with Crippen LogP contribution in [0.4, 0.5) is 13.2 Å². The fourth-order valence-corrected chi connectivity index (χ4v) is 2.26. The summed E-state index contributed by atoms with van der Waals surface area (Å²) in [5.74, 6) is -0.690. The van der Waals surface area contributed by atoms with E-state index in [4.69, 9.17) is 5.11 Å². The largest absolute Gasteiger partial charge is 0.394 e. The van der Waals surface area contributed by atoms with Crippen LogP contribution in [0.2, 0.25) is 0 Å². The number of fused-ring (bicyclic) bond motifs is 1. The maximum Gasteiger partial charge on any atom is 0.390 e. The minimum Gasteiger partial charge on any atom is -0.394 e. The molecule has 0 saturated carbocycles. The highest BCUT2D eigenvalue weighted by Gasteiger charge is 2.30. The summed E-state index contributed by atoms with van der Waals surface area (Å²) < 4.78 is 38.9. The summed E-state index contributed by atoms with van der Waals surface area (Å²) in [5.41, 5.74) is 1.44. The van der Waals surface area contributed by atoms with Crippen molar-refractivity contribution in [2.45, 2.75) is 25.6 Å². The number of carbonyl (C=O) groups is 1. The number of imidazole rings is 1. The van der Waals surface area contributed by atoms with Gasteiger partial charge in [-0.15, -0.1) is 0 Å². The first-order valence-electron chi connectivity index (χ1n) is 7.30. The molecule has 2 heterocycles. The summed E-state index contributed by atoms with van der Waals surface area (Å²) in [7, 11) is 0. The first kappa shape index (κ1) is 18.2. The van der Waals surface area contributed by atoms with Crippen molar-refractivity contribution in [3.63, 3.8) is 0 Å². The predicted octanol–water partition coefficient (Wildman–Crippen LogP) is 1.39. The Balaban J connectivity index is 2.29. The van der Waals surface area contributed by atoms with Gasteiger partial charge in [0.25, 0.3) is 5.91 Å². The van der Waals surface area contributed by atoms with Gasteiger partial charge in [-0.25, -0.2) is 4.98 Å². The Morgan fingerprint density at radius 3 is 2.75 bits per heavy atom. The van der Waals surface area contributed by atoms with Crippen LogP contribution >= 0.6 is 0 Å². The number of amides is 1. The zero-order valence-corrected chi connectivity index (χ0v) is 13.0. The van der Waals surface area contributed by atoms with Crippen molar-refractivity contribution in [3.8, 4) is 0 Å². The van der Waals surface area contributed by atoms with Crippen LogP contribution in [0.5, 0.6) is 0 Å². The van der Waals surface area contributed by atoms with E-state index in [0.29, 0.717) is 5.65 Å². The Morgan fingerprint density at radius 2 is 2.12 bits per heavy atom. The van der Waals surface area contributed by atoms with Crippen LogP contribution in [0.1, 0.15) is 22.5 Å². The summed E-state index contributed by atoms with van der Waals surface area (Å²) in [4.78, 5) is 17.5. The Labute approximate surface area is 136 Å². The van der Waals surface area contributed by atoms with Crippen LogP contribution in [-0.4, -0.2) is 62.4 Å². The number of rotatable bonds is 6. The number of alkyl halides is 3. The van der Waals surface area contributed by atoms with Gasteiger partial charge in [0.15, 0.2) is 0 Å². The zero-order chi connectivity index (χ0) is 17.9. The molecule has 2 aromatic rings. The number of carbonyl (C=O) groups excluding carboxylic acids is 1. The molecule has 0 spiro atoms. The van der Waals surface area contributed by atoms with Gasteiger partial charge in [-0.1, -0.05) is 6.07 Å². The highest BCUT2D eigenvalue weighted by atomic mass is 19.4. The third-order valence-electron chi connectivity index (χ3n) is 3.47. The van der Waals surface area contributed by atoms with Gasteiger partial charge in [-0.05, 0) is 18.6 Å². The van der Waals surface area contributed by atoms with Crippen LogP contribution in [0.25, 0.3) is 5.65 Å². The maximum atomic E-state index is 12.6. The number of hydrogen-bond acceptors (Lipinski definition) is 4. The number of aromatic nitrogens is 2. The molecular weight excluding hydrogens is 327 g/mol. The fraction of sp³-hybridized carbons (Fsp3) is 0.467. The average Bonchev–Trinajstić information content (AvgIpc) is 2.92. The summed E-state index contributed by atoms with van der Waals surface area (Å²) in [6.45, 7) is 0.148. The quantitative estimate of drug-likeness (QED) is 0.829. The minimum atomic E-state index is -4.43. The van der Waals surface area contributed by atoms with Gasteiger partial charge in [0, 0.05) is 19.3 Å². The molecule has 0 aliphatic carbocycles. The second kappa shape index (κ2) is 7.18. The smallest absolute Gasteiger partial charge is 0.390 e. The molecule has 0 aromatic carbocycles. The monoisotopic (exact) mass is 345 g/mol. The summed E-state index contributed by atoms with van der Waals surface area (Å²) in [6, 6.07) is 3.49. The van der Waals surface area contributed by atoms with Gasteiger partial charge in [0.1, 0.15) is 11.3 Å². The van der Waals surface area contributed by atoms with E-state index in [1.807, 2.05) is 6.92 Å². The van der Waals surface area contributed by atoms with E-state index in [2.05, 4.69) is 4.98 Å². The van der Waals surface area contributed by atoms with Gasteiger partial charge >= 0.3 is 6.18 Å². The van der Waals surface area contributed by atoms with E-state index < -0.39 is 44.3 Å². The minimum absolute atomic E-state index is 0.0982. The van der Waals surface area contributed by atoms with E-state index in [9.17, 15) is 23.1 Å². The molecule has 2 aromatic heterocycles. The van der Waals surface area contributed by atoms with E-state index in [0.717, 1.165) is 10.5 Å². The lowest BCUT2D eigenvalue weighted by Crippen LogP contribution is -2.41. The lowest BCUT2D eigenvalue weighted by molar-refractivity contribution is -0.137. The molecule has 0 unspecified atom stereocenters. The first-order valence-corrected chi connectivity index (χ1v) is 7.30. The molecule has 0 radical (unpaired) electrons. The third-order valence-corrected chi connectivity index (χ3v) is 3.47. The van der Waals surface area contributed by atoms with Gasteiger partial charge in [0.2, 0.25) is 0 Å². The Morgan fingerprint density at radius 1 is 1.42 bits per heavy atom. The number of hydrogen-bond donors (Lipinski definition) is 2. The van der Waals surface area contributed by atoms with Gasteiger partial charge < -0.3 is 15.1 Å². The molecule has 2 rings (SSSR count). The molecule has 9 heteroatoms. The standard InChI is InChI=1S/C15H18F3N3O3/c1-10-2-3-13-19-6-12(21(13)7-10)14(24)20(8-11(23)9-22)5-4-15(16,17)18/h2-3,6-7,11,22-23H,4-5,8-9H2,1H3/t11-/m0/s1. The number of aliphatic hydroxyl groups excluding tert-OH is 2. The summed E-state index contributed by atoms with van der Waals surface area (Å²) in [5, 5.41) is 18.4. The van der Waals surface area contributed by atoms with Crippen molar-refractivity contribution in [1.29, 1.82) is 0 Å². The fourth-order valence-electron chi connectivity index (χ4n) is 2.26. The molecule has 1 atom stereocenters. The van der Waals surface area contributed by atoms with Crippen LogP contribution in [0.15, 0.2) is 24.5 Å². The van der Waals surface area contributed by atoms with Crippen LogP contribution in [0.3, 0.4) is 0 Å². The molecule has 0 aliphatic heterocycles. The van der Waals surface area contributed by atoms with Gasteiger partial charge in [-0.2, -0.15) is 13.2 Å². The van der Waals surface area contributed by atoms with Crippen molar-refractivity contribution in [3.05, 3.63) is 35.8 Å². The third kappa shape index (κ3) is 4.45. The van der Waals surface area contributed by atoms with Crippen molar-refractivity contribution in [1.82, 2.24) is 14.3 Å². The SMILES string of the molecule is Cc1ccc2ncc(C(=O)N(CCC(F)(F)F)C[C@H](O)CO)n2c1. The predicted molar refractivity (Wildman–Crippen MR) is 79.6 cm³/mol. The van der Waals surface area contributed by atoms with E-state index in [-0.39, 0.29) is 5.69 Å². The number of pyridine rings is 1. The summed E-state index contributed by atoms with van der Waals surface area (Å²) >= 11 is 0. The van der Waals surface area contributed by atoms with E-state index >= 15 is 0 Å². The lowest BCUT2D eigenvalue weighted by Gasteiger charge is -2.25. The van der Waals surface area contributed by atoms with Crippen molar-refractivity contribution >= 4 is 11.6 Å². The molecule has 0 aliphatic rings. The number of aryl methyl sites for hydroxylation is 1.